The summed E-state index contributed by atoms with van der Waals surface area (Å²) in [5.74, 6) is 13.4. The van der Waals surface area contributed by atoms with Gasteiger partial charge in [-0.25, -0.2) is 13.9 Å². The quantitative estimate of drug-likeness (QED) is 0.0226. The van der Waals surface area contributed by atoms with Gasteiger partial charge in [-0.1, -0.05) is 84.0 Å². The zero-order chi connectivity index (χ0) is 39.0. The Hall–Kier alpha value is -2.80. The Morgan fingerprint density at radius 3 is 1.72 bits per heavy atom. The SMILES string of the molecule is C#CC#CC#CC#CC(=O)OC[C@H](COP(=O)(O)OC1C(O)[C@@H](OP(=O)(O)O)C(O)[C@@H](O)[C@H]1O)OC(=O)CCCCCCCCCCCCCCC.N.[HH].[HH].[HH].[HH].[HH].[HH].[HH]. The molecule has 0 saturated heterocycles. The molecule has 19 heteroatoms. The summed E-state index contributed by atoms with van der Waals surface area (Å²) in [6.07, 6.45) is 4.03. The lowest BCUT2D eigenvalue weighted by Crippen LogP contribution is -2.64. The van der Waals surface area contributed by atoms with Crippen molar-refractivity contribution in [2.75, 3.05) is 13.2 Å². The standard InChI is InChI=1S/C34H50O16P2.H3N.7H2/c1-3-5-7-9-11-12-13-14-15-16-17-19-21-23-28(36)48-26(24-46-27(35)22-20-18-10-8-6-4-2)25-47-52(44,45)50-34-31(39)29(37)30(38)33(32(34)40)49-51(41,42)43;;;;;;;;/h2,26,29-34,37-40H,3,5,7,9,11-17,19,21,23-25H2,1H3,(H,44,45)(H2,41,42,43);1H3;7*1H/t26-,29-,30?,31-,32?,33+,34?;;;;;;;;/m1......../s1. The van der Waals surface area contributed by atoms with Crippen LogP contribution in [0.15, 0.2) is 0 Å². The number of unbranched alkanes of at least 4 members (excludes halogenated alkanes) is 12. The second kappa shape index (κ2) is 27.7. The van der Waals surface area contributed by atoms with Gasteiger partial charge >= 0.3 is 27.6 Å². The maximum Gasteiger partial charge on any atom is 0.472 e. The Bertz CT molecular complexity index is 1460. The zero-order valence-electron chi connectivity index (χ0n) is 29.8. The molecule has 17 nitrogen and oxygen atoms in total. The zero-order valence-corrected chi connectivity index (χ0v) is 31.6. The predicted molar refractivity (Wildman–Crippen MR) is 205 cm³/mol. The number of terminal acetylenes is 1. The van der Waals surface area contributed by atoms with E-state index in [2.05, 4.69) is 41.0 Å². The molecule has 8 atom stereocenters. The highest BCUT2D eigenvalue weighted by Crippen LogP contribution is 2.49. The van der Waals surface area contributed by atoms with Crippen LogP contribution in [-0.4, -0.2) is 103 Å². The first-order valence-electron chi connectivity index (χ1n) is 17.1. The van der Waals surface area contributed by atoms with Gasteiger partial charge < -0.3 is 50.7 Å². The summed E-state index contributed by atoms with van der Waals surface area (Å²) >= 11 is 0. The van der Waals surface area contributed by atoms with Gasteiger partial charge in [0.25, 0.3) is 0 Å². The molecular formula is C34H67NO16P2. The monoisotopic (exact) mass is 807 g/mol. The molecule has 0 aromatic carbocycles. The highest BCUT2D eigenvalue weighted by molar-refractivity contribution is 7.47. The van der Waals surface area contributed by atoms with Crippen LogP contribution in [0.1, 0.15) is 107 Å². The minimum Gasteiger partial charge on any atom is -0.456 e. The summed E-state index contributed by atoms with van der Waals surface area (Å²) < 4.78 is 48.2. The molecule has 10 N–H and O–H groups in total. The average Bonchev–Trinajstić information content (AvgIpc) is 3.08. The van der Waals surface area contributed by atoms with Crippen LogP contribution in [0.3, 0.4) is 0 Å². The molecule has 53 heavy (non-hydrogen) atoms. The molecule has 1 aliphatic rings. The second-order valence-electron chi connectivity index (χ2n) is 12.0. The number of aliphatic hydroxyl groups is 4. The number of phosphoric ester groups is 2. The molecule has 314 valence electrons. The van der Waals surface area contributed by atoms with Crippen LogP contribution in [-0.2, 0) is 41.8 Å². The molecule has 1 aliphatic carbocycles. The minimum absolute atomic E-state index is 0. The second-order valence-corrected chi connectivity index (χ2v) is 14.6. The molecule has 0 bridgehead atoms. The van der Waals surface area contributed by atoms with Crippen LogP contribution in [0.5, 0.6) is 0 Å². The van der Waals surface area contributed by atoms with Crippen LogP contribution in [0, 0.1) is 47.9 Å². The lowest BCUT2D eigenvalue weighted by atomic mass is 9.85. The maximum absolute atomic E-state index is 12.8. The van der Waals surface area contributed by atoms with E-state index in [-0.39, 0.29) is 22.6 Å². The first-order valence-corrected chi connectivity index (χ1v) is 20.1. The number of phosphoric acid groups is 2. The van der Waals surface area contributed by atoms with E-state index < -0.39 is 83.5 Å². The summed E-state index contributed by atoms with van der Waals surface area (Å²) in [6, 6.07) is 0. The third-order valence-corrected chi connectivity index (χ3v) is 9.16. The van der Waals surface area contributed by atoms with Gasteiger partial charge in [0.05, 0.1) is 6.61 Å². The topological polar surface area (TPSA) is 291 Å². The van der Waals surface area contributed by atoms with Crippen molar-refractivity contribution < 1.29 is 86.9 Å². The van der Waals surface area contributed by atoms with Crippen molar-refractivity contribution in [1.29, 1.82) is 0 Å². The molecule has 1 rings (SSSR count). The average molecular weight is 808 g/mol. The molecule has 0 amide bonds. The van der Waals surface area contributed by atoms with E-state index in [1.165, 1.54) is 44.9 Å². The Morgan fingerprint density at radius 1 is 0.698 bits per heavy atom. The molecule has 0 aliphatic heterocycles. The Labute approximate surface area is 321 Å². The Morgan fingerprint density at radius 2 is 1.19 bits per heavy atom. The highest BCUT2D eigenvalue weighted by Gasteiger charge is 2.54. The van der Waals surface area contributed by atoms with Gasteiger partial charge in [-0.05, 0) is 41.9 Å². The number of aliphatic hydroxyl groups excluding tert-OH is 4. The van der Waals surface area contributed by atoms with E-state index in [1.807, 2.05) is 11.8 Å². The van der Waals surface area contributed by atoms with Gasteiger partial charge in [0, 0.05) is 22.3 Å². The van der Waals surface area contributed by atoms with E-state index in [0.29, 0.717) is 6.42 Å². The Balaban J connectivity index is -0.000000563. The van der Waals surface area contributed by atoms with Crippen LogP contribution < -0.4 is 6.15 Å². The molecule has 0 heterocycles. The lowest BCUT2D eigenvalue weighted by Gasteiger charge is -2.43. The van der Waals surface area contributed by atoms with Crippen LogP contribution >= 0.6 is 15.6 Å². The van der Waals surface area contributed by atoms with E-state index >= 15 is 0 Å². The van der Waals surface area contributed by atoms with Crippen molar-refractivity contribution in [1.82, 2.24) is 6.15 Å². The molecule has 0 aromatic heterocycles. The number of carbonyl (C=O) groups is 2. The van der Waals surface area contributed by atoms with Crippen LogP contribution in [0.25, 0.3) is 0 Å². The first-order chi connectivity index (χ1) is 24.6. The van der Waals surface area contributed by atoms with Crippen molar-refractivity contribution in [2.24, 2.45) is 0 Å². The largest absolute Gasteiger partial charge is 0.472 e. The molecule has 1 fully saturated rings. The van der Waals surface area contributed by atoms with E-state index in [0.717, 1.165) is 32.1 Å². The summed E-state index contributed by atoms with van der Waals surface area (Å²) in [7, 11) is -10.7. The molecule has 0 aromatic rings. The fourth-order valence-corrected chi connectivity index (χ4v) is 6.56. The lowest BCUT2D eigenvalue weighted by molar-refractivity contribution is -0.216. The predicted octanol–water partition coefficient (Wildman–Crippen LogP) is 3.89. The van der Waals surface area contributed by atoms with Crippen molar-refractivity contribution in [3.05, 3.63) is 0 Å². The minimum atomic E-state index is -5.38. The van der Waals surface area contributed by atoms with Crippen molar-refractivity contribution in [3.63, 3.8) is 0 Å². The van der Waals surface area contributed by atoms with Gasteiger partial charge in [0.15, 0.2) is 6.10 Å². The number of hydrogen-bond acceptors (Lipinski definition) is 14. The number of hydrogen-bond donors (Lipinski definition) is 8. The maximum atomic E-state index is 12.8. The van der Waals surface area contributed by atoms with Gasteiger partial charge in [0.1, 0.15) is 43.2 Å². The number of ether oxygens (including phenoxy) is 2. The van der Waals surface area contributed by atoms with Gasteiger partial charge in [-0.2, -0.15) is 0 Å². The van der Waals surface area contributed by atoms with Crippen molar-refractivity contribution in [3.8, 4) is 47.9 Å². The third-order valence-electron chi connectivity index (χ3n) is 7.65. The molecule has 0 spiro atoms. The molecule has 0 radical (unpaired) electrons. The smallest absolute Gasteiger partial charge is 0.456 e. The van der Waals surface area contributed by atoms with Crippen molar-refractivity contribution in [2.45, 2.75) is 140 Å². The van der Waals surface area contributed by atoms with E-state index in [4.69, 9.17) is 34.7 Å². The van der Waals surface area contributed by atoms with E-state index in [1.54, 1.807) is 0 Å². The fraction of sp³-hybridized carbons (Fsp3) is 0.706. The van der Waals surface area contributed by atoms with Gasteiger partial charge in [-0.15, -0.1) is 6.42 Å². The highest BCUT2D eigenvalue weighted by atomic mass is 31.2. The number of carbonyl (C=O) groups excluding carboxylic acids is 2. The normalized spacial score (nSPS) is 22.4. The Kier molecular flexibility index (Phi) is 26.3. The number of esters is 2. The van der Waals surface area contributed by atoms with Crippen LogP contribution in [0.4, 0.5) is 0 Å². The number of rotatable bonds is 24. The van der Waals surface area contributed by atoms with Gasteiger partial charge in [-0.3, -0.25) is 18.4 Å². The van der Waals surface area contributed by atoms with E-state index in [9.17, 15) is 44.0 Å². The summed E-state index contributed by atoms with van der Waals surface area (Å²) in [6.45, 7) is 0.549. The first kappa shape index (κ1) is 50.2. The third kappa shape index (κ3) is 22.9. The summed E-state index contributed by atoms with van der Waals surface area (Å²) in [4.78, 5) is 53.1. The van der Waals surface area contributed by atoms with Gasteiger partial charge in [0.2, 0.25) is 0 Å². The molecule has 1 saturated carbocycles. The molecular weight excluding hydrogens is 740 g/mol. The van der Waals surface area contributed by atoms with Crippen LogP contribution in [0.2, 0.25) is 0 Å². The summed E-state index contributed by atoms with van der Waals surface area (Å²) in [5.41, 5.74) is 0. The van der Waals surface area contributed by atoms with Crippen molar-refractivity contribution >= 4 is 27.6 Å². The summed E-state index contributed by atoms with van der Waals surface area (Å²) in [5, 5.41) is 40.8. The fourth-order valence-electron chi connectivity index (χ4n) is 5.02. The molecule has 4 unspecified atom stereocenters.